The second-order valence-corrected chi connectivity index (χ2v) is 35.4. The van der Waals surface area contributed by atoms with Crippen LogP contribution in [-0.4, -0.2) is 95.7 Å². The van der Waals surface area contributed by atoms with Crippen molar-refractivity contribution in [1.29, 1.82) is 0 Å². The Balaban J connectivity index is 1.19. The Bertz CT molecular complexity index is 2380. The molecule has 4 aromatic rings. The molecule has 0 saturated carbocycles. The average molecular weight is 1240 g/mol. The number of allylic oxidation sites excluding steroid dienone is 1. The first-order valence-electron chi connectivity index (χ1n) is 28.9. The Morgan fingerprint density at radius 3 is 1.76 bits per heavy atom. The summed E-state index contributed by atoms with van der Waals surface area (Å²) < 4.78 is 65.7. The summed E-state index contributed by atoms with van der Waals surface area (Å²) in [5, 5.41) is 12.3. The number of halogens is 2. The highest BCUT2D eigenvalue weighted by molar-refractivity contribution is 9.10. The number of benzene rings is 4. The van der Waals surface area contributed by atoms with Crippen molar-refractivity contribution in [3.05, 3.63) is 153 Å². The second-order valence-electron chi connectivity index (χ2n) is 24.0. The molecule has 10 nitrogen and oxygen atoms in total. The molecule has 7 rings (SSSR count). The first-order valence-corrected chi connectivity index (χ1v) is 36.0. The Morgan fingerprint density at radius 2 is 1.19 bits per heavy atom. The largest absolute Gasteiger partial charge is 0.411 e. The minimum absolute atomic E-state index is 0.0182. The molecule has 3 aliphatic rings. The molecule has 12 atom stereocenters. The molecule has 3 heterocycles. The van der Waals surface area contributed by atoms with E-state index in [0.717, 1.165) is 55.8 Å². The zero-order valence-corrected chi connectivity index (χ0v) is 53.6. The monoisotopic (exact) mass is 1230 g/mol. The molecule has 2 saturated heterocycles. The third-order valence-corrected chi connectivity index (χ3v) is 27.4. The first kappa shape index (κ1) is 63.2. The molecule has 78 heavy (non-hydrogen) atoms. The van der Waals surface area contributed by atoms with Crippen molar-refractivity contribution in [3.63, 3.8) is 0 Å². The smallest absolute Gasteiger partial charge is 0.192 e. The Morgan fingerprint density at radius 1 is 0.654 bits per heavy atom. The van der Waals surface area contributed by atoms with Crippen molar-refractivity contribution in [1.82, 2.24) is 0 Å². The Hall–Kier alpha value is -2.39. The second kappa shape index (κ2) is 29.7. The third kappa shape index (κ3) is 18.3. The lowest BCUT2D eigenvalue weighted by molar-refractivity contribution is -0.262. The van der Waals surface area contributed by atoms with Crippen LogP contribution in [0.1, 0.15) is 116 Å². The summed E-state index contributed by atoms with van der Waals surface area (Å²) in [6, 6.07) is 40.0. The normalized spacial score (nSPS) is 28.2. The average Bonchev–Trinajstić information content (AvgIpc) is 4.30. The fourth-order valence-electron chi connectivity index (χ4n) is 10.8. The van der Waals surface area contributed by atoms with E-state index in [9.17, 15) is 5.11 Å². The van der Waals surface area contributed by atoms with Crippen LogP contribution in [0.5, 0.6) is 0 Å². The van der Waals surface area contributed by atoms with Gasteiger partial charge in [0.25, 0.3) is 0 Å². The number of aliphatic hydroxyl groups is 1. The van der Waals surface area contributed by atoms with Crippen LogP contribution >= 0.6 is 31.9 Å². The fourth-order valence-corrected chi connectivity index (χ4v) is 15.6. The Labute approximate surface area is 487 Å². The van der Waals surface area contributed by atoms with Gasteiger partial charge in [0, 0.05) is 27.7 Å². The highest BCUT2D eigenvalue weighted by Crippen LogP contribution is 2.49. The van der Waals surface area contributed by atoms with Crippen molar-refractivity contribution in [2.24, 2.45) is 11.8 Å². The van der Waals surface area contributed by atoms with Crippen LogP contribution in [0, 0.1) is 11.8 Å². The zero-order chi connectivity index (χ0) is 55.9. The molecule has 0 spiro atoms. The van der Waals surface area contributed by atoms with E-state index in [1.807, 2.05) is 36.4 Å². The van der Waals surface area contributed by atoms with Crippen LogP contribution in [0.2, 0.25) is 36.3 Å². The maximum atomic E-state index is 12.4. The summed E-state index contributed by atoms with van der Waals surface area (Å²) in [6.07, 6.45) is 4.26. The molecule has 0 aliphatic carbocycles. The van der Waals surface area contributed by atoms with E-state index in [-0.39, 0.29) is 41.3 Å². The van der Waals surface area contributed by atoms with Gasteiger partial charge in [-0.05, 0) is 121 Å². The number of epoxide rings is 1. The van der Waals surface area contributed by atoms with Crippen LogP contribution < -0.4 is 0 Å². The van der Waals surface area contributed by atoms with Gasteiger partial charge in [-0.15, -0.1) is 0 Å². The Kier molecular flexibility index (Phi) is 24.1. The summed E-state index contributed by atoms with van der Waals surface area (Å²) in [6.45, 7) is 25.4. The highest BCUT2D eigenvalue weighted by atomic mass is 79.9. The lowest BCUT2D eigenvalue weighted by atomic mass is 9.87. The van der Waals surface area contributed by atoms with Gasteiger partial charge in [0.2, 0.25) is 0 Å². The predicted molar refractivity (Wildman–Crippen MR) is 324 cm³/mol. The van der Waals surface area contributed by atoms with Crippen molar-refractivity contribution in [2.75, 3.05) is 13.2 Å². The van der Waals surface area contributed by atoms with Crippen molar-refractivity contribution < 1.29 is 47.1 Å². The first-order chi connectivity index (χ1) is 37.3. The van der Waals surface area contributed by atoms with Gasteiger partial charge >= 0.3 is 0 Å². The summed E-state index contributed by atoms with van der Waals surface area (Å²) >= 11 is 7.17. The lowest BCUT2D eigenvalue weighted by Crippen LogP contribution is -2.51. The van der Waals surface area contributed by atoms with Crippen LogP contribution in [0.25, 0.3) is 0 Å². The summed E-state index contributed by atoms with van der Waals surface area (Å²) in [7, 11) is -4.60. The van der Waals surface area contributed by atoms with Crippen LogP contribution in [-0.2, 0) is 68.4 Å². The van der Waals surface area contributed by atoms with Gasteiger partial charge in [-0.1, -0.05) is 177 Å². The topological polar surface area (TPSA) is 107 Å². The van der Waals surface area contributed by atoms with Gasteiger partial charge in [0.1, 0.15) is 11.7 Å². The van der Waals surface area contributed by atoms with E-state index in [4.69, 9.17) is 42.0 Å². The van der Waals surface area contributed by atoms with E-state index in [1.165, 1.54) is 0 Å². The minimum Gasteiger partial charge on any atom is -0.411 e. The molecule has 2 fully saturated rings. The van der Waals surface area contributed by atoms with E-state index >= 15 is 0 Å². The molecule has 430 valence electrons. The van der Waals surface area contributed by atoms with Gasteiger partial charge in [-0.25, -0.2) is 0 Å². The van der Waals surface area contributed by atoms with Crippen molar-refractivity contribution >= 4 is 48.5 Å². The lowest BCUT2D eigenvalue weighted by Gasteiger charge is -2.42. The van der Waals surface area contributed by atoms with Crippen LogP contribution in [0.4, 0.5) is 0 Å². The fraction of sp³-hybridized carbons (Fsp3) is 0.594. The van der Waals surface area contributed by atoms with Gasteiger partial charge in [-0.2, -0.15) is 0 Å². The molecule has 0 amide bonds. The number of rotatable bonds is 26. The molecule has 0 aromatic heterocycles. The summed E-state index contributed by atoms with van der Waals surface area (Å²) in [4.78, 5) is 0. The number of hydrogen-bond acceptors (Lipinski definition) is 10. The quantitative estimate of drug-likeness (QED) is 0.0371. The van der Waals surface area contributed by atoms with Crippen molar-refractivity contribution in [2.45, 2.75) is 217 Å². The van der Waals surface area contributed by atoms with Gasteiger partial charge in [-0.3, -0.25) is 0 Å². The molecular weight excluding hydrogens is 1140 g/mol. The van der Waals surface area contributed by atoms with E-state index in [0.29, 0.717) is 71.7 Å². The molecule has 4 aromatic carbocycles. The van der Waals surface area contributed by atoms with Gasteiger partial charge in [0.15, 0.2) is 22.9 Å². The minimum atomic E-state index is -2.31. The molecule has 0 bridgehead atoms. The molecular formula is C64H92Br2O10Si2. The van der Waals surface area contributed by atoms with E-state index < -0.39 is 52.9 Å². The molecule has 3 aliphatic heterocycles. The number of ether oxygens (including phenoxy) is 7. The number of aliphatic hydroxyl groups excluding tert-OH is 1. The van der Waals surface area contributed by atoms with Crippen LogP contribution in [0.15, 0.2) is 130 Å². The molecule has 1 N–H and O–H groups in total. The SMILES string of the molecule is CC[Si](CC)(CC)O[C@@H](C[C@@H]1O[C@H](OCc2ccc(Br)cc2)[C@@H](OCc2ccc(Br)cc2)C[C@@H](C)C[C@H]1O)[C@@]1(C)O[C@H]1C[C@H]1O[C@@H](COCc2ccccc2)[C@H](COCc2ccccc2)C/C=C\C[C@@H]1O[Si](C)(C)C(C)(C)C. The maximum Gasteiger partial charge on any atom is 0.192 e. The predicted octanol–water partition coefficient (Wildman–Crippen LogP) is 15.7. The number of hydrogen-bond donors (Lipinski definition) is 1. The maximum absolute atomic E-state index is 12.4. The molecule has 0 unspecified atom stereocenters. The zero-order valence-electron chi connectivity index (χ0n) is 48.4. The van der Waals surface area contributed by atoms with E-state index in [1.54, 1.807) is 0 Å². The van der Waals surface area contributed by atoms with Crippen molar-refractivity contribution in [3.8, 4) is 0 Å². The van der Waals surface area contributed by atoms with Gasteiger partial charge in [0.05, 0.1) is 82.4 Å². The standard InChI is InChI=1S/C64H92Br2O10Si2/c1-11-78(12-2,13-3)76-61(38-56-54(67)36-46(4)37-58(70-42-49-28-32-52(65)33-29-49)62(73-56)71-43-50-30-34-53(66)35-31-50)64(8)60(74-64)39-57-55(75-77(9,10)63(5,6)7)27-21-20-26-51(44-68-40-47-22-16-14-17-23-47)59(72-57)45-69-41-48-24-18-15-19-25-48/h14-25,28-35,46,51,54-62,67H,11-13,26-27,36-45H2,1-10H3/b21-20-/t46-,51-,54+,55-,56-,57+,58-,59-,60-,61-,62-,64-/m0/s1. The van der Waals surface area contributed by atoms with Crippen LogP contribution in [0.3, 0.4) is 0 Å². The van der Waals surface area contributed by atoms with Gasteiger partial charge < -0.3 is 47.1 Å². The molecule has 0 radical (unpaired) electrons. The third-order valence-electron chi connectivity index (χ3n) is 17.2. The summed E-state index contributed by atoms with van der Waals surface area (Å²) in [5.74, 6) is 0.143. The molecule has 14 heteroatoms. The summed E-state index contributed by atoms with van der Waals surface area (Å²) in [5.41, 5.74) is 3.62. The van der Waals surface area contributed by atoms with E-state index in [2.05, 4.69) is 185 Å². The highest BCUT2D eigenvalue weighted by Gasteiger charge is 2.61.